The number of carbonyl (C=O) groups is 1. The molecule has 0 aliphatic rings. The van der Waals surface area contributed by atoms with E-state index in [1.54, 1.807) is 36.4 Å². The molecule has 0 radical (unpaired) electrons. The van der Waals surface area contributed by atoms with E-state index in [0.29, 0.717) is 16.5 Å². The molecule has 42 heavy (non-hydrogen) atoms. The SMILES string of the molecule is Cc1ccc(C(C)C)c(OC(=O)N[C@](Cc2ccccc2)(c2cccc(OC(F)(F)C(F)F)c2)c2ccc(Cl)cn2)c1. The van der Waals surface area contributed by atoms with E-state index in [0.717, 1.165) is 22.8 Å². The Kier molecular flexibility index (Phi) is 9.41. The molecule has 1 amide bonds. The summed E-state index contributed by atoms with van der Waals surface area (Å²) in [6.07, 6.45) is -8.17. The number of aryl methyl sites for hydroxylation is 1. The maximum Gasteiger partial charge on any atom is 0.461 e. The standard InChI is InChI=1S/C32H29ClF4N2O3/c1-20(2)26-14-12-21(3)16-27(26)41-30(40)39-31(18-22-8-5-4-6-9-22,28-15-13-24(33)19-38-28)23-10-7-11-25(17-23)42-32(36,37)29(34)35/h4-17,19-20,29H,18H2,1-3H3,(H,39,40)/t31-/m1/s1. The fraction of sp³-hybridized carbons (Fsp3) is 0.250. The molecule has 5 nitrogen and oxygen atoms in total. The quantitative estimate of drug-likeness (QED) is 0.185. The third kappa shape index (κ3) is 7.20. The summed E-state index contributed by atoms with van der Waals surface area (Å²) in [5, 5.41) is 3.24. The summed E-state index contributed by atoms with van der Waals surface area (Å²) in [7, 11) is 0. The summed E-state index contributed by atoms with van der Waals surface area (Å²) in [4.78, 5) is 18.1. The van der Waals surface area contributed by atoms with Crippen LogP contribution in [0.4, 0.5) is 22.4 Å². The van der Waals surface area contributed by atoms with Gasteiger partial charge in [-0.05, 0) is 65.4 Å². The van der Waals surface area contributed by atoms with Crippen LogP contribution in [0.5, 0.6) is 11.5 Å². The Morgan fingerprint density at radius 3 is 2.36 bits per heavy atom. The van der Waals surface area contributed by atoms with Gasteiger partial charge in [-0.3, -0.25) is 4.98 Å². The van der Waals surface area contributed by atoms with Gasteiger partial charge in [-0.2, -0.15) is 17.6 Å². The average Bonchev–Trinajstić information content (AvgIpc) is 2.93. The lowest BCUT2D eigenvalue weighted by Gasteiger charge is -2.35. The van der Waals surface area contributed by atoms with Crippen LogP contribution >= 0.6 is 11.6 Å². The average molecular weight is 601 g/mol. The van der Waals surface area contributed by atoms with Crippen LogP contribution in [0.3, 0.4) is 0 Å². The molecule has 0 fully saturated rings. The zero-order chi connectivity index (χ0) is 30.5. The summed E-state index contributed by atoms with van der Waals surface area (Å²) in [6, 6.07) is 23.0. The van der Waals surface area contributed by atoms with Crippen molar-refractivity contribution in [3.63, 3.8) is 0 Å². The number of aromatic nitrogens is 1. The first-order valence-corrected chi connectivity index (χ1v) is 13.5. The van der Waals surface area contributed by atoms with Crippen molar-refractivity contribution in [1.82, 2.24) is 10.3 Å². The maximum atomic E-state index is 13.9. The molecule has 220 valence electrons. The van der Waals surface area contributed by atoms with E-state index >= 15 is 0 Å². The third-order valence-electron chi connectivity index (χ3n) is 6.62. The molecular formula is C32H29ClF4N2O3. The van der Waals surface area contributed by atoms with E-state index in [4.69, 9.17) is 16.3 Å². The van der Waals surface area contributed by atoms with Gasteiger partial charge in [0, 0.05) is 12.6 Å². The number of hydrogen-bond donors (Lipinski definition) is 1. The topological polar surface area (TPSA) is 60.5 Å². The van der Waals surface area contributed by atoms with E-state index < -0.39 is 29.9 Å². The normalized spacial score (nSPS) is 13.1. The van der Waals surface area contributed by atoms with Crippen molar-refractivity contribution in [2.45, 2.75) is 51.2 Å². The van der Waals surface area contributed by atoms with Crippen molar-refractivity contribution >= 4 is 17.7 Å². The molecule has 4 aromatic rings. The van der Waals surface area contributed by atoms with Gasteiger partial charge >= 0.3 is 18.6 Å². The molecule has 4 rings (SSSR count). The minimum atomic E-state index is -4.73. The monoisotopic (exact) mass is 600 g/mol. The van der Waals surface area contributed by atoms with Gasteiger partial charge in [0.25, 0.3) is 0 Å². The summed E-state index contributed by atoms with van der Waals surface area (Å²) in [6.45, 7) is 5.80. The van der Waals surface area contributed by atoms with Crippen LogP contribution in [0.2, 0.25) is 5.02 Å². The van der Waals surface area contributed by atoms with Crippen molar-refractivity contribution < 1.29 is 31.8 Å². The fourth-order valence-corrected chi connectivity index (χ4v) is 4.70. The predicted molar refractivity (Wildman–Crippen MR) is 153 cm³/mol. The molecule has 0 unspecified atom stereocenters. The van der Waals surface area contributed by atoms with Gasteiger partial charge in [-0.15, -0.1) is 0 Å². The molecule has 0 aliphatic carbocycles. The van der Waals surface area contributed by atoms with Gasteiger partial charge in [0.05, 0.1) is 10.7 Å². The van der Waals surface area contributed by atoms with E-state index in [-0.39, 0.29) is 17.9 Å². The third-order valence-corrected chi connectivity index (χ3v) is 6.84. The molecule has 0 saturated carbocycles. The summed E-state index contributed by atoms with van der Waals surface area (Å²) in [5.74, 6) is -0.125. The van der Waals surface area contributed by atoms with Gasteiger partial charge in [-0.1, -0.05) is 80.0 Å². The maximum absolute atomic E-state index is 13.9. The van der Waals surface area contributed by atoms with Gasteiger partial charge in [0.1, 0.15) is 17.0 Å². The van der Waals surface area contributed by atoms with E-state index in [1.807, 2.05) is 51.1 Å². The molecule has 1 N–H and O–H groups in total. The minimum Gasteiger partial charge on any atom is -0.428 e. The van der Waals surface area contributed by atoms with Gasteiger partial charge in [0.2, 0.25) is 0 Å². The first kappa shape index (κ1) is 30.8. The number of nitrogens with one attached hydrogen (secondary N) is 1. The Morgan fingerprint density at radius 2 is 1.71 bits per heavy atom. The van der Waals surface area contributed by atoms with Crippen LogP contribution in [0.25, 0.3) is 0 Å². The van der Waals surface area contributed by atoms with E-state index in [1.165, 1.54) is 18.3 Å². The Balaban J connectivity index is 1.86. The lowest BCUT2D eigenvalue weighted by atomic mass is 9.80. The van der Waals surface area contributed by atoms with Crippen molar-refractivity contribution in [2.24, 2.45) is 0 Å². The van der Waals surface area contributed by atoms with Crippen LogP contribution in [-0.2, 0) is 12.0 Å². The molecular weight excluding hydrogens is 572 g/mol. The number of amides is 1. The van der Waals surface area contributed by atoms with Crippen molar-refractivity contribution in [3.8, 4) is 11.5 Å². The number of alkyl halides is 4. The minimum absolute atomic E-state index is 0.0470. The van der Waals surface area contributed by atoms with Crippen molar-refractivity contribution in [2.75, 3.05) is 0 Å². The highest BCUT2D eigenvalue weighted by atomic mass is 35.5. The van der Waals surface area contributed by atoms with E-state index in [2.05, 4.69) is 15.0 Å². The number of rotatable bonds is 10. The molecule has 1 heterocycles. The highest BCUT2D eigenvalue weighted by molar-refractivity contribution is 6.30. The van der Waals surface area contributed by atoms with Crippen LogP contribution in [0.1, 0.15) is 47.7 Å². The summed E-state index contributed by atoms with van der Waals surface area (Å²) < 4.78 is 63.9. The molecule has 0 saturated heterocycles. The summed E-state index contributed by atoms with van der Waals surface area (Å²) >= 11 is 6.12. The number of pyridine rings is 1. The van der Waals surface area contributed by atoms with Gasteiger partial charge < -0.3 is 14.8 Å². The van der Waals surface area contributed by atoms with Crippen LogP contribution in [0, 0.1) is 6.92 Å². The highest BCUT2D eigenvalue weighted by Gasteiger charge is 2.45. The largest absolute Gasteiger partial charge is 0.461 e. The number of ether oxygens (including phenoxy) is 2. The Hall–Kier alpha value is -4.11. The molecule has 1 atom stereocenters. The number of carbonyl (C=O) groups excluding carboxylic acids is 1. The smallest absolute Gasteiger partial charge is 0.428 e. The number of hydrogen-bond acceptors (Lipinski definition) is 4. The molecule has 0 aliphatic heterocycles. The zero-order valence-electron chi connectivity index (χ0n) is 23.1. The predicted octanol–water partition coefficient (Wildman–Crippen LogP) is 8.68. The number of nitrogens with zero attached hydrogens (tertiary/aromatic N) is 1. The van der Waals surface area contributed by atoms with Crippen molar-refractivity contribution in [3.05, 3.63) is 124 Å². The van der Waals surface area contributed by atoms with Crippen LogP contribution in [0.15, 0.2) is 91.1 Å². The van der Waals surface area contributed by atoms with Crippen LogP contribution < -0.4 is 14.8 Å². The summed E-state index contributed by atoms with van der Waals surface area (Å²) in [5.41, 5.74) is 1.41. The molecule has 10 heteroatoms. The second kappa shape index (κ2) is 12.8. The molecule has 3 aromatic carbocycles. The lowest BCUT2D eigenvalue weighted by molar-refractivity contribution is -0.253. The lowest BCUT2D eigenvalue weighted by Crippen LogP contribution is -2.50. The van der Waals surface area contributed by atoms with Gasteiger partial charge in [-0.25, -0.2) is 4.79 Å². The number of benzene rings is 3. The molecule has 1 aromatic heterocycles. The molecule has 0 bridgehead atoms. The Labute approximate surface area is 246 Å². The zero-order valence-corrected chi connectivity index (χ0v) is 23.8. The van der Waals surface area contributed by atoms with Gasteiger partial charge in [0.15, 0.2) is 0 Å². The first-order chi connectivity index (χ1) is 19.9. The molecule has 0 spiro atoms. The van der Waals surface area contributed by atoms with E-state index in [9.17, 15) is 22.4 Å². The fourth-order valence-electron chi connectivity index (χ4n) is 4.58. The second-order valence-electron chi connectivity index (χ2n) is 10.1. The van der Waals surface area contributed by atoms with Crippen LogP contribution in [-0.4, -0.2) is 23.6 Å². The highest BCUT2D eigenvalue weighted by Crippen LogP contribution is 2.37. The first-order valence-electron chi connectivity index (χ1n) is 13.1. The number of halogens is 5. The second-order valence-corrected chi connectivity index (χ2v) is 10.6. The van der Waals surface area contributed by atoms with Crippen molar-refractivity contribution in [1.29, 1.82) is 0 Å². The Morgan fingerprint density at radius 1 is 0.976 bits per heavy atom. The Bertz CT molecular complexity index is 1520.